The number of nitrogens with one attached hydrogen (secondary N) is 1. The molecule has 1 aliphatic heterocycles. The van der Waals surface area contributed by atoms with Crippen molar-refractivity contribution in [1.82, 2.24) is 9.55 Å². The number of hydrogen-bond acceptors (Lipinski definition) is 6. The Morgan fingerprint density at radius 2 is 2.04 bits per heavy atom. The third kappa shape index (κ3) is 3.49. The summed E-state index contributed by atoms with van der Waals surface area (Å²) < 4.78 is 26.4. The molecule has 1 aromatic heterocycles. The maximum absolute atomic E-state index is 13.8. The minimum absolute atomic E-state index is 0.443. The van der Waals surface area contributed by atoms with Crippen LogP contribution >= 0.6 is 0 Å². The number of aromatic amines is 1. The van der Waals surface area contributed by atoms with Crippen molar-refractivity contribution in [2.75, 3.05) is 6.61 Å². The first-order chi connectivity index (χ1) is 11.4. The van der Waals surface area contributed by atoms with Crippen molar-refractivity contribution in [3.63, 3.8) is 0 Å². The average molecular weight is 376 g/mol. The Labute approximate surface area is 145 Å². The number of hydrogen-bond donors (Lipinski definition) is 3. The van der Waals surface area contributed by atoms with Gasteiger partial charge in [-0.05, 0) is 20.8 Å². The quantitative estimate of drug-likeness (QED) is 0.598. The van der Waals surface area contributed by atoms with E-state index in [2.05, 4.69) is 0 Å². The van der Waals surface area contributed by atoms with E-state index < -0.39 is 61.7 Å². The Morgan fingerprint density at radius 1 is 1.44 bits per heavy atom. The van der Waals surface area contributed by atoms with Crippen LogP contribution in [0.2, 0.25) is 13.1 Å². The molecular formula is C15H25FN2O6Si. The van der Waals surface area contributed by atoms with Crippen LogP contribution in [0.5, 0.6) is 0 Å². The predicted molar refractivity (Wildman–Crippen MR) is 90.7 cm³/mol. The molecule has 8 nitrogen and oxygen atoms in total. The zero-order chi connectivity index (χ0) is 19.2. The summed E-state index contributed by atoms with van der Waals surface area (Å²) in [4.78, 5) is 25.5. The van der Waals surface area contributed by atoms with Crippen molar-refractivity contribution >= 4 is 8.80 Å². The molecule has 142 valence electrons. The summed E-state index contributed by atoms with van der Waals surface area (Å²) in [7, 11) is -2.06. The Kier molecular flexibility index (Phi) is 5.41. The number of aliphatic hydroxyl groups is 2. The molecule has 0 aromatic carbocycles. The monoisotopic (exact) mass is 376 g/mol. The first-order valence-corrected chi connectivity index (χ1v) is 11.0. The summed E-state index contributed by atoms with van der Waals surface area (Å²) in [5.41, 5.74) is -2.67. The van der Waals surface area contributed by atoms with Gasteiger partial charge in [-0.15, -0.1) is 0 Å². The molecule has 0 saturated carbocycles. The van der Waals surface area contributed by atoms with Gasteiger partial charge in [0.15, 0.2) is 5.35 Å². The lowest BCUT2D eigenvalue weighted by Crippen LogP contribution is -2.59. The normalized spacial score (nSPS) is 30.2. The second kappa shape index (κ2) is 6.76. The lowest BCUT2D eigenvalue weighted by Gasteiger charge is -2.37. The van der Waals surface area contributed by atoms with E-state index in [1.165, 1.54) is 0 Å². The summed E-state index contributed by atoms with van der Waals surface area (Å²) in [6.07, 6.45) is -2.39. The fourth-order valence-electron chi connectivity index (χ4n) is 3.17. The van der Waals surface area contributed by atoms with Gasteiger partial charge in [0.2, 0.25) is 5.82 Å². The van der Waals surface area contributed by atoms with Gasteiger partial charge in [-0.25, -0.2) is 4.79 Å². The van der Waals surface area contributed by atoms with Crippen molar-refractivity contribution < 1.29 is 24.1 Å². The Morgan fingerprint density at radius 3 is 2.52 bits per heavy atom. The van der Waals surface area contributed by atoms with E-state index in [4.69, 9.17) is 9.47 Å². The lowest BCUT2D eigenvalue weighted by atomic mass is 10.1. The number of ether oxygens (including phenoxy) is 2. The molecule has 0 radical (unpaired) electrons. The zero-order valence-corrected chi connectivity index (χ0v) is 16.1. The van der Waals surface area contributed by atoms with E-state index in [-0.39, 0.29) is 0 Å². The van der Waals surface area contributed by atoms with E-state index in [1.54, 1.807) is 20.8 Å². The molecule has 10 heteroatoms. The topological polar surface area (TPSA) is 114 Å². The van der Waals surface area contributed by atoms with E-state index >= 15 is 0 Å². The molecule has 1 aliphatic rings. The molecule has 25 heavy (non-hydrogen) atoms. The summed E-state index contributed by atoms with van der Waals surface area (Å²) in [6, 6.07) is 0. The van der Waals surface area contributed by atoms with Crippen molar-refractivity contribution in [3.8, 4) is 0 Å². The number of H-pyrrole nitrogens is 1. The van der Waals surface area contributed by atoms with Crippen LogP contribution in [0.3, 0.4) is 0 Å². The van der Waals surface area contributed by atoms with Gasteiger partial charge in [-0.2, -0.15) is 4.39 Å². The predicted octanol–water partition coefficient (Wildman–Crippen LogP) is -0.710. The highest BCUT2D eigenvalue weighted by atomic mass is 28.3. The second-order valence-electron chi connectivity index (χ2n) is 7.49. The molecule has 0 unspecified atom stereocenters. The molecule has 3 N–H and O–H groups in total. The van der Waals surface area contributed by atoms with Crippen molar-refractivity contribution in [2.24, 2.45) is 0 Å². The molecule has 0 aliphatic carbocycles. The maximum atomic E-state index is 13.8. The van der Waals surface area contributed by atoms with Gasteiger partial charge in [0.1, 0.15) is 18.3 Å². The molecule has 4 atom stereocenters. The summed E-state index contributed by atoms with van der Waals surface area (Å²) in [6.45, 7) is 8.53. The molecule has 1 fully saturated rings. The van der Waals surface area contributed by atoms with Gasteiger partial charge in [-0.1, -0.05) is 13.1 Å². The summed E-state index contributed by atoms with van der Waals surface area (Å²) >= 11 is 0. The average Bonchev–Trinajstić information content (AvgIpc) is 2.75. The van der Waals surface area contributed by atoms with Crippen molar-refractivity contribution in [3.05, 3.63) is 32.9 Å². The Bertz CT molecular complexity index is 743. The highest BCUT2D eigenvalue weighted by Gasteiger charge is 2.59. The molecule has 1 aromatic rings. The van der Waals surface area contributed by atoms with Gasteiger partial charge in [-0.3, -0.25) is 14.3 Å². The van der Waals surface area contributed by atoms with Gasteiger partial charge < -0.3 is 19.7 Å². The number of aromatic nitrogens is 2. The summed E-state index contributed by atoms with van der Waals surface area (Å²) in [5.74, 6) is -1.16. The van der Waals surface area contributed by atoms with Gasteiger partial charge >= 0.3 is 5.69 Å². The number of aliphatic hydroxyl groups excluding tert-OH is 2. The highest BCUT2D eigenvalue weighted by Crippen LogP contribution is 2.39. The van der Waals surface area contributed by atoms with Crippen LogP contribution < -0.4 is 11.2 Å². The lowest BCUT2D eigenvalue weighted by molar-refractivity contribution is -0.119. The third-order valence-electron chi connectivity index (χ3n) is 4.21. The SMILES string of the molecule is C[SiH](C)[C@@]1(n2cc(F)c(=O)[nH]c2=O)O[C@H](CO)[C@@H](OC(C)(C)C)[C@H]1O. The third-order valence-corrected chi connectivity index (χ3v) is 6.62. The van der Waals surface area contributed by atoms with Crippen LogP contribution in [-0.2, 0) is 14.8 Å². The first-order valence-electron chi connectivity index (χ1n) is 8.10. The molecule has 2 rings (SSSR count). The Hall–Kier alpha value is -1.33. The fourth-order valence-corrected chi connectivity index (χ4v) is 5.24. The standard InChI is InChI=1S/C15H25FN2O6Si/c1-14(2,3)24-10-9(7-19)23-15(11(10)20,25(4)5)18-6-8(16)12(21)17-13(18)22/h6,9-11,19-20,25H,7H2,1-5H3,(H,17,21,22)/t9-,10-,11-,15+/m1/s1. The molecular weight excluding hydrogens is 351 g/mol. The molecule has 0 bridgehead atoms. The van der Waals surface area contributed by atoms with Crippen LogP contribution in [0.4, 0.5) is 4.39 Å². The van der Waals surface area contributed by atoms with Gasteiger partial charge in [0.05, 0.1) is 27.2 Å². The van der Waals surface area contributed by atoms with E-state index in [0.717, 1.165) is 10.8 Å². The molecule has 1 saturated heterocycles. The van der Waals surface area contributed by atoms with Gasteiger partial charge in [0.25, 0.3) is 5.56 Å². The highest BCUT2D eigenvalue weighted by molar-refractivity contribution is 6.58. The van der Waals surface area contributed by atoms with Gasteiger partial charge in [0, 0.05) is 0 Å². The smallest absolute Gasteiger partial charge is 0.330 e. The van der Waals surface area contributed by atoms with Crippen LogP contribution in [0.1, 0.15) is 20.8 Å². The number of nitrogens with zero attached hydrogens (tertiary/aromatic N) is 1. The van der Waals surface area contributed by atoms with Crippen LogP contribution in [-0.4, -0.2) is 59.1 Å². The Balaban J connectivity index is 2.63. The van der Waals surface area contributed by atoms with Crippen molar-refractivity contribution in [1.29, 1.82) is 0 Å². The molecule has 2 heterocycles. The van der Waals surface area contributed by atoms with E-state index in [0.29, 0.717) is 0 Å². The maximum Gasteiger partial charge on any atom is 0.330 e. The van der Waals surface area contributed by atoms with Crippen LogP contribution in [0.25, 0.3) is 0 Å². The minimum Gasteiger partial charge on any atom is -0.394 e. The largest absolute Gasteiger partial charge is 0.394 e. The minimum atomic E-state index is -2.06. The second-order valence-corrected chi connectivity index (χ2v) is 10.6. The van der Waals surface area contributed by atoms with E-state index in [9.17, 15) is 24.2 Å². The molecule has 0 spiro atoms. The number of halogens is 1. The van der Waals surface area contributed by atoms with E-state index in [1.807, 2.05) is 18.1 Å². The van der Waals surface area contributed by atoms with Crippen LogP contribution in [0.15, 0.2) is 15.8 Å². The summed E-state index contributed by atoms with van der Waals surface area (Å²) in [5, 5.41) is 19.1. The molecule has 0 amide bonds. The zero-order valence-electron chi connectivity index (χ0n) is 14.9. The number of rotatable bonds is 4. The van der Waals surface area contributed by atoms with Crippen LogP contribution in [0, 0.1) is 5.82 Å². The fraction of sp³-hybridized carbons (Fsp3) is 0.733. The van der Waals surface area contributed by atoms with Crippen molar-refractivity contribution in [2.45, 2.75) is 63.1 Å². The first kappa shape index (κ1) is 20.0.